The van der Waals surface area contributed by atoms with Gasteiger partial charge in [-0.2, -0.15) is 0 Å². The van der Waals surface area contributed by atoms with Gasteiger partial charge in [0.15, 0.2) is 5.82 Å². The van der Waals surface area contributed by atoms with Crippen LogP contribution in [0, 0.1) is 22.7 Å². The first-order valence-corrected chi connectivity index (χ1v) is 17.1. The number of fused-ring (bicyclic) bond motifs is 5. The Balaban J connectivity index is 0.00000168. The van der Waals surface area contributed by atoms with Crippen molar-refractivity contribution in [2.24, 2.45) is 27.7 Å². The van der Waals surface area contributed by atoms with Gasteiger partial charge in [-0.15, -0.1) is 5.10 Å². The summed E-state index contributed by atoms with van der Waals surface area (Å²) in [6, 6.07) is 5.60. The Morgan fingerprint density at radius 1 is 1.16 bits per heavy atom. The van der Waals surface area contributed by atoms with Gasteiger partial charge >= 0.3 is 0 Å². The average Bonchev–Trinajstić information content (AvgIpc) is 3.97. The van der Waals surface area contributed by atoms with Crippen molar-refractivity contribution in [3.8, 4) is 11.7 Å². The van der Waals surface area contributed by atoms with E-state index in [0.717, 1.165) is 56.6 Å². The van der Waals surface area contributed by atoms with Crippen molar-refractivity contribution in [2.45, 2.75) is 84.6 Å². The maximum Gasteiger partial charge on any atom is 0.265 e. The minimum atomic E-state index is -0.234. The molecule has 1 amide bonds. The normalized spacial score (nSPS) is 25.7. The predicted octanol–water partition coefficient (Wildman–Crippen LogP) is 6.67. The number of aromatic nitrogens is 3. The van der Waals surface area contributed by atoms with Crippen LogP contribution in [0.25, 0.3) is 5.82 Å². The lowest BCUT2D eigenvalue weighted by atomic mass is 9.93. The molecule has 236 valence electrons. The second-order valence-corrected chi connectivity index (χ2v) is 14.2. The third kappa shape index (κ3) is 5.66. The van der Waals surface area contributed by atoms with E-state index in [-0.39, 0.29) is 11.4 Å². The van der Waals surface area contributed by atoms with Gasteiger partial charge in [-0.3, -0.25) is 9.52 Å². The molecule has 44 heavy (non-hydrogen) atoms. The fraction of sp³-hybridized carbons (Fsp3) is 0.588. The number of carbonyl (C=O) groups is 1. The van der Waals surface area contributed by atoms with Gasteiger partial charge in [-0.05, 0) is 106 Å². The van der Waals surface area contributed by atoms with Gasteiger partial charge in [-0.25, -0.2) is 14.7 Å². The highest BCUT2D eigenvalue weighted by Crippen LogP contribution is 2.93. The maximum atomic E-state index is 13.5. The molecule has 4 fully saturated rings. The van der Waals surface area contributed by atoms with Crippen molar-refractivity contribution < 1.29 is 9.53 Å². The number of nitrogens with zero attached hydrogens (tertiary/aromatic N) is 5. The third-order valence-corrected chi connectivity index (χ3v) is 11.1. The summed E-state index contributed by atoms with van der Waals surface area (Å²) >= 11 is 1.12. The lowest BCUT2D eigenvalue weighted by Gasteiger charge is -2.34. The van der Waals surface area contributed by atoms with Crippen LogP contribution in [0.2, 0.25) is 0 Å². The molecule has 2 spiro atoms. The summed E-state index contributed by atoms with van der Waals surface area (Å²) in [5.41, 5.74) is 1.77. The number of nitrogens with one attached hydrogen (secondary N) is 2. The van der Waals surface area contributed by atoms with Crippen LogP contribution in [0.5, 0.6) is 5.88 Å². The number of ether oxygens (including phenoxy) is 1. The molecule has 1 saturated heterocycles. The zero-order valence-electron chi connectivity index (χ0n) is 26.7. The van der Waals surface area contributed by atoms with Crippen LogP contribution >= 0.6 is 11.9 Å². The second kappa shape index (κ2) is 11.9. The summed E-state index contributed by atoms with van der Waals surface area (Å²) < 4.78 is 10.8. The molecular weight excluding hydrogens is 570 g/mol. The summed E-state index contributed by atoms with van der Waals surface area (Å²) in [7, 11) is 0. The molecule has 9 nitrogen and oxygen atoms in total. The van der Waals surface area contributed by atoms with E-state index in [1.54, 1.807) is 10.8 Å². The number of pyridine rings is 1. The van der Waals surface area contributed by atoms with E-state index in [1.807, 2.05) is 38.2 Å². The molecule has 0 radical (unpaired) electrons. The first kappa shape index (κ1) is 30.7. The van der Waals surface area contributed by atoms with Crippen LogP contribution in [0.1, 0.15) is 89.4 Å². The van der Waals surface area contributed by atoms with Crippen molar-refractivity contribution in [2.75, 3.05) is 24.6 Å². The fourth-order valence-corrected chi connectivity index (χ4v) is 8.66. The molecule has 0 aromatic carbocycles. The molecule has 3 saturated carbocycles. The number of hydrogen-bond donors (Lipinski definition) is 2. The molecule has 3 aliphatic carbocycles. The zero-order chi connectivity index (χ0) is 31.1. The Kier molecular flexibility index (Phi) is 8.32. The van der Waals surface area contributed by atoms with E-state index < -0.39 is 0 Å². The van der Waals surface area contributed by atoms with Gasteiger partial charge in [-0.1, -0.05) is 27.0 Å². The molecule has 1 atom stereocenters. The molecule has 4 heterocycles. The summed E-state index contributed by atoms with van der Waals surface area (Å²) in [5, 5.41) is 8.55. The van der Waals surface area contributed by atoms with E-state index in [9.17, 15) is 4.79 Å². The fourth-order valence-electron chi connectivity index (χ4n) is 8.11. The summed E-state index contributed by atoms with van der Waals surface area (Å²) in [6.45, 7) is 18.7. The highest BCUT2D eigenvalue weighted by molar-refractivity contribution is 8.13. The van der Waals surface area contributed by atoms with Crippen LogP contribution in [0.15, 0.2) is 54.4 Å². The maximum absolute atomic E-state index is 13.5. The number of rotatable bonds is 6. The number of carbonyl (C=O) groups excluding carboxylic acids is 1. The number of anilines is 1. The van der Waals surface area contributed by atoms with Crippen LogP contribution < -0.4 is 19.7 Å². The van der Waals surface area contributed by atoms with Crippen LogP contribution in [-0.4, -0.2) is 51.0 Å². The Morgan fingerprint density at radius 2 is 1.91 bits per heavy atom. The second-order valence-electron chi connectivity index (χ2n) is 13.3. The van der Waals surface area contributed by atoms with Gasteiger partial charge in [0.2, 0.25) is 5.88 Å². The van der Waals surface area contributed by atoms with E-state index in [2.05, 4.69) is 46.9 Å². The highest BCUT2D eigenvalue weighted by atomic mass is 32.2. The molecule has 2 aromatic rings. The molecule has 5 aliphatic rings. The lowest BCUT2D eigenvalue weighted by molar-refractivity contribution is 0.0984. The van der Waals surface area contributed by atoms with Crippen molar-refractivity contribution in [1.82, 2.24) is 24.8 Å². The minimum absolute atomic E-state index is 0.153. The van der Waals surface area contributed by atoms with E-state index >= 15 is 0 Å². The quantitative estimate of drug-likeness (QED) is 0.349. The molecule has 1 unspecified atom stereocenters. The zero-order valence-corrected chi connectivity index (χ0v) is 27.5. The Morgan fingerprint density at radius 3 is 2.61 bits per heavy atom. The molecule has 2 N–H and O–H groups in total. The van der Waals surface area contributed by atoms with Crippen LogP contribution in [-0.2, 0) is 0 Å². The van der Waals surface area contributed by atoms with Gasteiger partial charge < -0.3 is 15.0 Å². The molecular formula is C34H47N7O2S. The van der Waals surface area contributed by atoms with E-state index in [0.29, 0.717) is 57.3 Å². The van der Waals surface area contributed by atoms with Gasteiger partial charge in [0.1, 0.15) is 16.7 Å². The van der Waals surface area contributed by atoms with E-state index in [4.69, 9.17) is 14.8 Å². The monoisotopic (exact) mass is 617 g/mol. The minimum Gasteiger partial charge on any atom is -0.477 e. The first-order valence-electron chi connectivity index (χ1n) is 16.3. The molecule has 10 heteroatoms. The standard InChI is InChI=1S/C32H41N7O2S.C2H6/c1-5-27-34-21(2)33-16-6-7-22-19-30(3,4)38(20-22)28-23(29(40)37-42-27)8-9-25(35-28)39-17-10-26(36-39)41-18-11-24-31(12-13-31)32(24)14-15-32;1-2/h5,8-10,17,22,24,33H,1-2,6-7,11-16,18-20H2,3-4H3,(H,37,40);1-2H3/b34-27+;. The third-order valence-electron chi connectivity index (χ3n) is 10.4. The molecule has 2 aromatic heterocycles. The smallest absolute Gasteiger partial charge is 0.265 e. The van der Waals surface area contributed by atoms with Crippen molar-refractivity contribution in [3.63, 3.8) is 0 Å². The topological polar surface area (TPSA) is 96.7 Å². The first-order chi connectivity index (χ1) is 21.2. The number of amides is 1. The largest absolute Gasteiger partial charge is 0.477 e. The number of hydrogen-bond acceptors (Lipinski definition) is 8. The van der Waals surface area contributed by atoms with E-state index in [1.165, 1.54) is 25.7 Å². The van der Waals surface area contributed by atoms with Crippen LogP contribution in [0.4, 0.5) is 5.82 Å². The SMILES string of the molecule is C=C/C1=N\C(=C)NCCCC2CN(c3nc(-n4ccc(OCCC5C6(CC6)C56CC6)n4)ccc3C(=O)NS1)C(C)(C)C2.CC. The molecule has 2 bridgehead atoms. The van der Waals surface area contributed by atoms with Crippen molar-refractivity contribution in [3.05, 3.63) is 55.0 Å². The Bertz CT molecular complexity index is 1440. The summed E-state index contributed by atoms with van der Waals surface area (Å²) in [5.74, 6) is 3.63. The van der Waals surface area contributed by atoms with Gasteiger partial charge in [0, 0.05) is 42.8 Å². The Labute approximate surface area is 266 Å². The summed E-state index contributed by atoms with van der Waals surface area (Å²) in [4.78, 5) is 25.4. The summed E-state index contributed by atoms with van der Waals surface area (Å²) in [6.07, 6.45) is 13.4. The predicted molar refractivity (Wildman–Crippen MR) is 178 cm³/mol. The Hall–Kier alpha value is -3.27. The van der Waals surface area contributed by atoms with Crippen molar-refractivity contribution in [1.29, 1.82) is 0 Å². The lowest BCUT2D eigenvalue weighted by Crippen LogP contribution is -2.40. The van der Waals surface area contributed by atoms with Gasteiger partial charge in [0.25, 0.3) is 5.91 Å². The molecule has 7 rings (SSSR count). The highest BCUT2D eigenvalue weighted by Gasteiger charge is 2.85. The number of aliphatic imine (C=N–C) groups is 1. The van der Waals surface area contributed by atoms with Gasteiger partial charge in [0.05, 0.1) is 12.2 Å². The molecule has 2 aliphatic heterocycles. The average molecular weight is 618 g/mol. The van der Waals surface area contributed by atoms with Crippen LogP contribution in [0.3, 0.4) is 0 Å². The van der Waals surface area contributed by atoms with Crippen molar-refractivity contribution >= 4 is 28.7 Å².